The highest BCUT2D eigenvalue weighted by Gasteiger charge is 2.11. The average molecular weight is 285 g/mol. The maximum Gasteiger partial charge on any atom is 0.167 e. The van der Waals surface area contributed by atoms with Crippen molar-refractivity contribution >= 4 is 11.7 Å². The van der Waals surface area contributed by atoms with Crippen molar-refractivity contribution in [1.29, 1.82) is 0 Å². The molecule has 0 N–H and O–H groups in total. The third-order valence-electron chi connectivity index (χ3n) is 3.41. The zero-order valence-electron chi connectivity index (χ0n) is 12.2. The Hall–Kier alpha value is -1.96. The normalized spacial score (nSPS) is 12.1. The molecule has 0 nitrogen and oxygen atoms in total. The summed E-state index contributed by atoms with van der Waals surface area (Å²) in [6.45, 7) is 2.16. The van der Waals surface area contributed by atoms with E-state index in [2.05, 4.69) is 13.0 Å². The van der Waals surface area contributed by atoms with Crippen LogP contribution in [0.3, 0.4) is 0 Å². The Kier molecular flexibility index (Phi) is 5.68. The van der Waals surface area contributed by atoms with Crippen molar-refractivity contribution in [2.45, 2.75) is 32.6 Å². The first-order valence-corrected chi connectivity index (χ1v) is 7.34. The first-order chi connectivity index (χ1) is 10.2. The van der Waals surface area contributed by atoms with E-state index < -0.39 is 11.7 Å². The molecule has 0 fully saturated rings. The summed E-state index contributed by atoms with van der Waals surface area (Å²) in [4.78, 5) is 0. The maximum atomic E-state index is 14.1. The van der Waals surface area contributed by atoms with Crippen molar-refractivity contribution in [3.63, 3.8) is 0 Å². The van der Waals surface area contributed by atoms with E-state index in [1.165, 1.54) is 18.9 Å². The van der Waals surface area contributed by atoms with E-state index in [0.29, 0.717) is 0 Å². The highest BCUT2D eigenvalue weighted by molar-refractivity contribution is 5.82. The number of benzene rings is 2. The Bertz CT molecular complexity index is 583. The van der Waals surface area contributed by atoms with Gasteiger partial charge in [0.25, 0.3) is 0 Å². The molecule has 0 aliphatic heterocycles. The summed E-state index contributed by atoms with van der Waals surface area (Å²) in [6, 6.07) is 16.2. The Labute approximate surface area is 125 Å². The van der Waals surface area contributed by atoms with Crippen molar-refractivity contribution in [1.82, 2.24) is 0 Å². The summed E-state index contributed by atoms with van der Waals surface area (Å²) in [5.41, 5.74) is 1.57. The van der Waals surface area contributed by atoms with Crippen LogP contribution in [0.25, 0.3) is 11.7 Å². The van der Waals surface area contributed by atoms with Gasteiger partial charge in [-0.1, -0.05) is 68.3 Å². The van der Waals surface area contributed by atoms with E-state index in [0.717, 1.165) is 18.4 Å². The monoisotopic (exact) mass is 285 g/mol. The van der Waals surface area contributed by atoms with Crippen LogP contribution in [0.2, 0.25) is 0 Å². The summed E-state index contributed by atoms with van der Waals surface area (Å²) in [7, 11) is 0. The highest BCUT2D eigenvalue weighted by Crippen LogP contribution is 2.28. The van der Waals surface area contributed by atoms with Crippen molar-refractivity contribution in [3.05, 3.63) is 71.3 Å². The minimum atomic E-state index is -0.866. The minimum Gasteiger partial charge on any atom is -0.203 e. The van der Waals surface area contributed by atoms with Crippen LogP contribution in [0.4, 0.5) is 8.78 Å². The highest BCUT2D eigenvalue weighted by atomic mass is 19.2. The van der Waals surface area contributed by atoms with Crippen LogP contribution in [-0.2, 0) is 6.42 Å². The van der Waals surface area contributed by atoms with Gasteiger partial charge in [-0.25, -0.2) is 8.78 Å². The van der Waals surface area contributed by atoms with Crippen molar-refractivity contribution < 1.29 is 8.78 Å². The first-order valence-electron chi connectivity index (χ1n) is 7.34. The zero-order valence-corrected chi connectivity index (χ0v) is 12.2. The lowest BCUT2D eigenvalue weighted by Crippen LogP contribution is -1.88. The van der Waals surface area contributed by atoms with Crippen LogP contribution < -0.4 is 0 Å². The number of rotatable bonds is 6. The fourth-order valence-electron chi connectivity index (χ4n) is 2.17. The molecule has 2 rings (SSSR count). The molecule has 2 aromatic rings. The third kappa shape index (κ3) is 4.25. The molecule has 0 saturated carbocycles. The van der Waals surface area contributed by atoms with E-state index >= 15 is 0 Å². The van der Waals surface area contributed by atoms with Gasteiger partial charge in [-0.3, -0.25) is 0 Å². The molecule has 0 aliphatic carbocycles. The smallest absolute Gasteiger partial charge is 0.167 e. The summed E-state index contributed by atoms with van der Waals surface area (Å²) in [6.07, 6.45) is 4.47. The van der Waals surface area contributed by atoms with E-state index in [1.54, 1.807) is 30.3 Å². The molecule has 109 valence electrons. The van der Waals surface area contributed by atoms with E-state index in [9.17, 15) is 8.78 Å². The Morgan fingerprint density at radius 3 is 2.33 bits per heavy atom. The molecule has 0 amide bonds. The molecular formula is C19H19F2. The third-order valence-corrected chi connectivity index (χ3v) is 3.41. The second-order valence-electron chi connectivity index (χ2n) is 5.06. The van der Waals surface area contributed by atoms with Crippen LogP contribution in [-0.4, -0.2) is 0 Å². The number of hydrogen-bond donors (Lipinski definition) is 0. The molecule has 0 aromatic heterocycles. The minimum absolute atomic E-state index is 0.141. The van der Waals surface area contributed by atoms with E-state index in [1.807, 2.05) is 12.1 Å². The molecule has 21 heavy (non-hydrogen) atoms. The molecule has 2 aromatic carbocycles. The number of halogens is 2. The number of aryl methyl sites for hydroxylation is 1. The average Bonchev–Trinajstić information content (AvgIpc) is 2.55. The van der Waals surface area contributed by atoms with Gasteiger partial charge in [0.2, 0.25) is 0 Å². The molecule has 0 atom stereocenters. The quantitative estimate of drug-likeness (QED) is 0.452. The van der Waals surface area contributed by atoms with Gasteiger partial charge < -0.3 is 0 Å². The summed E-state index contributed by atoms with van der Waals surface area (Å²) < 4.78 is 28.2. The number of unbranched alkanes of at least 4 members (excludes halogenated alkanes) is 2. The second-order valence-corrected chi connectivity index (χ2v) is 5.06. The van der Waals surface area contributed by atoms with E-state index in [4.69, 9.17) is 0 Å². The topological polar surface area (TPSA) is 0 Å². The summed E-state index contributed by atoms with van der Waals surface area (Å²) in [5.74, 6) is -1.70. The molecule has 2 heteroatoms. The predicted octanol–water partition coefficient (Wildman–Crippen LogP) is 5.98. The molecule has 0 spiro atoms. The predicted molar refractivity (Wildman–Crippen MR) is 84.0 cm³/mol. The fourth-order valence-corrected chi connectivity index (χ4v) is 2.17. The molecule has 0 unspecified atom stereocenters. The zero-order chi connectivity index (χ0) is 15.1. The van der Waals surface area contributed by atoms with Crippen molar-refractivity contribution in [2.24, 2.45) is 0 Å². The first kappa shape index (κ1) is 15.4. The lowest BCUT2D eigenvalue weighted by molar-refractivity contribution is 0.699. The Morgan fingerprint density at radius 2 is 1.71 bits per heavy atom. The van der Waals surface area contributed by atoms with E-state index in [-0.39, 0.29) is 11.1 Å². The Morgan fingerprint density at radius 1 is 0.952 bits per heavy atom. The molecular weight excluding hydrogens is 266 g/mol. The van der Waals surface area contributed by atoms with Gasteiger partial charge >= 0.3 is 0 Å². The van der Waals surface area contributed by atoms with Gasteiger partial charge in [-0.2, -0.15) is 0 Å². The van der Waals surface area contributed by atoms with Crippen LogP contribution in [0.5, 0.6) is 0 Å². The SMILES string of the molecule is CCCCCc1ccc(/C(F)=C(\F)c2[c]cccc2)cc1. The Balaban J connectivity index is 2.14. The standard InChI is InChI=1S/C19H19F2/c1-2-3-5-8-15-11-13-17(14-12-15)19(21)18(20)16-9-6-4-7-10-16/h4,6-7,9,11-14H,2-3,5,8H2,1H3/b19-18+. The van der Waals surface area contributed by atoms with Crippen molar-refractivity contribution in [3.8, 4) is 0 Å². The maximum absolute atomic E-state index is 14.1. The molecule has 0 aliphatic rings. The van der Waals surface area contributed by atoms with Gasteiger partial charge in [0.15, 0.2) is 11.7 Å². The van der Waals surface area contributed by atoms with Crippen LogP contribution in [0.1, 0.15) is 42.9 Å². The second kappa shape index (κ2) is 7.72. The largest absolute Gasteiger partial charge is 0.203 e. The van der Waals surface area contributed by atoms with Gasteiger partial charge in [-0.15, -0.1) is 0 Å². The summed E-state index contributed by atoms with van der Waals surface area (Å²) in [5, 5.41) is 0. The van der Waals surface area contributed by atoms with Crippen LogP contribution in [0, 0.1) is 6.07 Å². The number of hydrogen-bond acceptors (Lipinski definition) is 0. The van der Waals surface area contributed by atoms with Gasteiger partial charge in [0.1, 0.15) is 0 Å². The lowest BCUT2D eigenvalue weighted by Gasteiger charge is -2.04. The summed E-state index contributed by atoms with van der Waals surface area (Å²) >= 11 is 0. The molecule has 0 heterocycles. The molecule has 1 radical (unpaired) electrons. The lowest BCUT2D eigenvalue weighted by atomic mass is 10.0. The van der Waals surface area contributed by atoms with Crippen molar-refractivity contribution in [2.75, 3.05) is 0 Å². The van der Waals surface area contributed by atoms with Gasteiger partial charge in [-0.05, 0) is 24.5 Å². The van der Waals surface area contributed by atoms with Gasteiger partial charge in [0.05, 0.1) is 0 Å². The van der Waals surface area contributed by atoms with Crippen LogP contribution in [0.15, 0.2) is 48.5 Å². The fraction of sp³-hybridized carbons (Fsp3) is 0.263. The molecule has 0 saturated heterocycles. The molecule has 0 bridgehead atoms. The van der Waals surface area contributed by atoms with Crippen LogP contribution >= 0.6 is 0 Å². The van der Waals surface area contributed by atoms with Gasteiger partial charge in [0, 0.05) is 11.1 Å².